The van der Waals surface area contributed by atoms with Crippen molar-refractivity contribution in [3.05, 3.63) is 17.0 Å². The van der Waals surface area contributed by atoms with E-state index < -0.39 is 0 Å². The summed E-state index contributed by atoms with van der Waals surface area (Å²) >= 11 is 0. The number of nitrogen functional groups attached to an aromatic ring is 1. The van der Waals surface area contributed by atoms with Gasteiger partial charge in [0.15, 0.2) is 0 Å². The summed E-state index contributed by atoms with van der Waals surface area (Å²) in [4.78, 5) is 16.3. The zero-order valence-electron chi connectivity index (χ0n) is 11.2. The van der Waals surface area contributed by atoms with Crippen LogP contribution >= 0.6 is 0 Å². The van der Waals surface area contributed by atoms with Gasteiger partial charge in [-0.3, -0.25) is 19.9 Å². The molecule has 6 heteroatoms. The average molecular weight is 249 g/mol. The lowest BCUT2D eigenvalue weighted by Gasteiger charge is -2.21. The number of amides is 1. The zero-order chi connectivity index (χ0) is 13.5. The number of hydrogen-bond acceptors (Lipinski definition) is 4. The molecule has 2 rings (SSSR count). The third-order valence-electron chi connectivity index (χ3n) is 2.93. The number of aromatic nitrogens is 2. The summed E-state index contributed by atoms with van der Waals surface area (Å²) in [6, 6.07) is 0.203. The summed E-state index contributed by atoms with van der Waals surface area (Å²) in [6.45, 7) is 8.02. The van der Waals surface area contributed by atoms with Crippen LogP contribution in [-0.2, 0) is 12.0 Å². The Morgan fingerprint density at radius 3 is 2.78 bits per heavy atom. The molecule has 2 heterocycles. The van der Waals surface area contributed by atoms with Gasteiger partial charge in [-0.25, -0.2) is 5.84 Å². The molecule has 0 radical (unpaired) electrons. The van der Waals surface area contributed by atoms with Gasteiger partial charge in [0.2, 0.25) is 0 Å². The number of carbonyl (C=O) groups excluding carboxylic acids is 1. The van der Waals surface area contributed by atoms with E-state index in [4.69, 9.17) is 5.84 Å². The van der Waals surface area contributed by atoms with Crippen LogP contribution in [0.3, 0.4) is 0 Å². The minimum absolute atomic E-state index is 0.203. The standard InChI is InChI=1S/C12H19N5O/c1-7-5-9-8(6-14-7)10(11(18)15-13)17(16-9)12(2,3)4/h6-7H,5,13H2,1-4H3,(H,15,18)/t7-/m1/s1. The van der Waals surface area contributed by atoms with Crippen molar-refractivity contribution in [2.24, 2.45) is 10.8 Å². The molecule has 0 bridgehead atoms. The second kappa shape index (κ2) is 4.20. The Morgan fingerprint density at radius 1 is 1.56 bits per heavy atom. The Labute approximate surface area is 106 Å². The van der Waals surface area contributed by atoms with Crippen LogP contribution in [-0.4, -0.2) is 27.9 Å². The van der Waals surface area contributed by atoms with Gasteiger partial charge >= 0.3 is 0 Å². The molecule has 0 spiro atoms. The molecule has 1 aromatic heterocycles. The highest BCUT2D eigenvalue weighted by Crippen LogP contribution is 2.24. The van der Waals surface area contributed by atoms with E-state index in [1.807, 2.05) is 27.7 Å². The molecule has 3 N–H and O–H groups in total. The van der Waals surface area contributed by atoms with Crippen molar-refractivity contribution in [1.82, 2.24) is 15.2 Å². The first-order chi connectivity index (χ1) is 8.34. The molecule has 6 nitrogen and oxygen atoms in total. The van der Waals surface area contributed by atoms with Crippen LogP contribution in [0.4, 0.5) is 0 Å². The van der Waals surface area contributed by atoms with Crippen LogP contribution in [0.2, 0.25) is 0 Å². The number of carbonyl (C=O) groups is 1. The first kappa shape index (κ1) is 12.8. The summed E-state index contributed by atoms with van der Waals surface area (Å²) < 4.78 is 1.73. The van der Waals surface area contributed by atoms with Gasteiger partial charge in [0.05, 0.1) is 17.3 Å². The maximum absolute atomic E-state index is 11.9. The fraction of sp³-hybridized carbons (Fsp3) is 0.583. The maximum Gasteiger partial charge on any atom is 0.284 e. The van der Waals surface area contributed by atoms with E-state index in [9.17, 15) is 4.79 Å². The highest BCUT2D eigenvalue weighted by Gasteiger charge is 2.29. The Balaban J connectivity index is 2.63. The Morgan fingerprint density at radius 2 is 2.22 bits per heavy atom. The van der Waals surface area contributed by atoms with Crippen molar-refractivity contribution in [3.8, 4) is 0 Å². The second-order valence-electron chi connectivity index (χ2n) is 5.60. The number of rotatable bonds is 1. The predicted octanol–water partition coefficient (Wildman–Crippen LogP) is 0.605. The summed E-state index contributed by atoms with van der Waals surface area (Å²) in [5, 5.41) is 4.55. The highest BCUT2D eigenvalue weighted by molar-refractivity contribution is 6.01. The van der Waals surface area contributed by atoms with Crippen molar-refractivity contribution in [2.75, 3.05) is 0 Å². The maximum atomic E-state index is 11.9. The SMILES string of the molecule is C[C@@H]1Cc2nn(C(C)(C)C)c(C(=O)NN)c2C=N1. The van der Waals surface area contributed by atoms with Crippen LogP contribution in [0.25, 0.3) is 0 Å². The van der Waals surface area contributed by atoms with Crippen molar-refractivity contribution in [2.45, 2.75) is 45.7 Å². The third-order valence-corrected chi connectivity index (χ3v) is 2.93. The number of aliphatic imine (C=N–C) groups is 1. The molecule has 1 aromatic rings. The van der Waals surface area contributed by atoms with Crippen LogP contribution < -0.4 is 11.3 Å². The van der Waals surface area contributed by atoms with E-state index in [-0.39, 0.29) is 17.5 Å². The number of nitrogens with zero attached hydrogens (tertiary/aromatic N) is 3. The number of nitrogens with two attached hydrogens (primary N) is 1. The largest absolute Gasteiger partial charge is 0.289 e. The van der Waals surface area contributed by atoms with Gasteiger partial charge in [0.25, 0.3) is 5.91 Å². The summed E-state index contributed by atoms with van der Waals surface area (Å²) in [5.74, 6) is 4.92. The quantitative estimate of drug-likeness (QED) is 0.434. The second-order valence-corrected chi connectivity index (χ2v) is 5.60. The van der Waals surface area contributed by atoms with E-state index in [1.54, 1.807) is 10.9 Å². The monoisotopic (exact) mass is 249 g/mol. The highest BCUT2D eigenvalue weighted by atomic mass is 16.2. The Bertz CT molecular complexity index is 509. The fourth-order valence-corrected chi connectivity index (χ4v) is 2.07. The smallest absolute Gasteiger partial charge is 0.284 e. The number of nitrogens with one attached hydrogen (secondary N) is 1. The number of hydrazine groups is 1. The lowest BCUT2D eigenvalue weighted by Crippen LogP contribution is -2.36. The molecular formula is C12H19N5O. The fourth-order valence-electron chi connectivity index (χ4n) is 2.07. The van der Waals surface area contributed by atoms with Crippen LogP contribution in [0.5, 0.6) is 0 Å². The first-order valence-electron chi connectivity index (χ1n) is 6.01. The molecule has 0 unspecified atom stereocenters. The van der Waals surface area contributed by atoms with E-state index in [2.05, 4.69) is 15.5 Å². The van der Waals surface area contributed by atoms with E-state index >= 15 is 0 Å². The van der Waals surface area contributed by atoms with Crippen LogP contribution in [0.15, 0.2) is 4.99 Å². The molecular weight excluding hydrogens is 230 g/mol. The molecule has 1 amide bonds. The van der Waals surface area contributed by atoms with Gasteiger partial charge in [-0.05, 0) is 27.7 Å². The summed E-state index contributed by atoms with van der Waals surface area (Å²) in [5.41, 5.74) is 4.07. The van der Waals surface area contributed by atoms with Gasteiger partial charge in [-0.15, -0.1) is 0 Å². The van der Waals surface area contributed by atoms with E-state index in [1.165, 1.54) is 0 Å². The number of hydrogen-bond donors (Lipinski definition) is 2. The van der Waals surface area contributed by atoms with Crippen molar-refractivity contribution in [3.63, 3.8) is 0 Å². The molecule has 0 aliphatic carbocycles. The van der Waals surface area contributed by atoms with Gasteiger partial charge < -0.3 is 0 Å². The lowest BCUT2D eigenvalue weighted by atomic mass is 10.0. The molecule has 18 heavy (non-hydrogen) atoms. The molecule has 0 saturated heterocycles. The normalized spacial score (nSPS) is 18.6. The molecule has 0 aromatic carbocycles. The topological polar surface area (TPSA) is 85.3 Å². The molecule has 0 saturated carbocycles. The minimum Gasteiger partial charge on any atom is -0.289 e. The first-order valence-corrected chi connectivity index (χ1v) is 6.01. The Hall–Kier alpha value is -1.69. The van der Waals surface area contributed by atoms with E-state index in [0.717, 1.165) is 17.7 Å². The molecule has 0 fully saturated rings. The lowest BCUT2D eigenvalue weighted by molar-refractivity contribution is 0.0935. The molecule has 1 atom stereocenters. The van der Waals surface area contributed by atoms with Crippen molar-refractivity contribution in [1.29, 1.82) is 0 Å². The number of fused-ring (bicyclic) bond motifs is 1. The van der Waals surface area contributed by atoms with Crippen LogP contribution in [0, 0.1) is 0 Å². The van der Waals surface area contributed by atoms with Gasteiger partial charge in [-0.1, -0.05) is 0 Å². The molecule has 98 valence electrons. The van der Waals surface area contributed by atoms with Crippen molar-refractivity contribution < 1.29 is 4.79 Å². The zero-order valence-corrected chi connectivity index (χ0v) is 11.2. The van der Waals surface area contributed by atoms with Gasteiger partial charge in [-0.2, -0.15) is 5.10 Å². The predicted molar refractivity (Wildman–Crippen MR) is 69.6 cm³/mol. The van der Waals surface area contributed by atoms with E-state index in [0.29, 0.717) is 5.69 Å². The van der Waals surface area contributed by atoms with Gasteiger partial charge in [0.1, 0.15) is 5.69 Å². The Kier molecular flexibility index (Phi) is 2.98. The summed E-state index contributed by atoms with van der Waals surface area (Å²) in [6.07, 6.45) is 2.48. The van der Waals surface area contributed by atoms with Crippen LogP contribution in [0.1, 0.15) is 49.4 Å². The van der Waals surface area contributed by atoms with Crippen molar-refractivity contribution >= 4 is 12.1 Å². The average Bonchev–Trinajstić information content (AvgIpc) is 2.66. The third kappa shape index (κ3) is 2.03. The molecule has 1 aliphatic heterocycles. The van der Waals surface area contributed by atoms with Gasteiger partial charge in [0, 0.05) is 18.2 Å². The minimum atomic E-state index is -0.334. The summed E-state index contributed by atoms with van der Waals surface area (Å²) in [7, 11) is 0. The molecule has 1 aliphatic rings.